The Hall–Kier alpha value is -1.82. The quantitative estimate of drug-likeness (QED) is 0.772. The maximum absolute atomic E-state index is 10.5. The van der Waals surface area contributed by atoms with Crippen LogP contribution in [0.1, 0.15) is 5.69 Å². The normalized spacial score (nSPS) is 15.7. The molecule has 2 heterocycles. The Balaban J connectivity index is 1.84. The van der Waals surface area contributed by atoms with Gasteiger partial charge in [0.1, 0.15) is 11.9 Å². The summed E-state index contributed by atoms with van der Waals surface area (Å²) in [5, 5.41) is 17.4. The average Bonchev–Trinajstić information content (AvgIpc) is 2.23. The predicted molar refractivity (Wildman–Crippen MR) is 54.2 cm³/mol. The van der Waals surface area contributed by atoms with E-state index in [1.807, 2.05) is 0 Å². The van der Waals surface area contributed by atoms with Crippen molar-refractivity contribution in [3.05, 3.63) is 24.0 Å². The summed E-state index contributed by atoms with van der Waals surface area (Å²) in [5.74, 6) is 0.590. The van der Waals surface area contributed by atoms with Gasteiger partial charge in [-0.1, -0.05) is 0 Å². The summed E-state index contributed by atoms with van der Waals surface area (Å²) in [5.41, 5.74) is 0.577. The first-order valence-corrected chi connectivity index (χ1v) is 4.89. The number of aliphatic hydroxyl groups excluding tert-OH is 1. The van der Waals surface area contributed by atoms with Crippen LogP contribution in [0.4, 0.5) is 4.79 Å². The molecule has 1 amide bonds. The predicted octanol–water partition coefficient (Wildman–Crippen LogP) is 0.315. The maximum atomic E-state index is 10.5. The molecule has 0 aromatic carbocycles. The Bertz CT molecular complexity index is 373. The van der Waals surface area contributed by atoms with E-state index in [1.165, 1.54) is 11.1 Å². The third-order valence-corrected chi connectivity index (χ3v) is 2.38. The first-order chi connectivity index (χ1) is 7.69. The van der Waals surface area contributed by atoms with E-state index in [0.29, 0.717) is 24.5 Å². The van der Waals surface area contributed by atoms with Gasteiger partial charge in [0.25, 0.3) is 0 Å². The second kappa shape index (κ2) is 4.36. The summed E-state index contributed by atoms with van der Waals surface area (Å²) in [6.07, 6.45) is 0.501. The fraction of sp³-hybridized carbons (Fsp3) is 0.400. The van der Waals surface area contributed by atoms with Crippen molar-refractivity contribution in [1.82, 2.24) is 9.88 Å². The van der Waals surface area contributed by atoms with E-state index in [-0.39, 0.29) is 12.7 Å². The minimum absolute atomic E-state index is 0.0992. The van der Waals surface area contributed by atoms with Crippen LogP contribution in [0, 0.1) is 0 Å². The fourth-order valence-corrected chi connectivity index (χ4v) is 1.44. The number of rotatable bonds is 3. The van der Waals surface area contributed by atoms with E-state index >= 15 is 0 Å². The standard InChI is InChI=1S/C10H12N2O4/c13-6-7-1-2-8(3-11-7)16-9-4-12(5-9)10(14)15/h1-3,9,13H,4-6H2,(H,14,15). The lowest BCUT2D eigenvalue weighted by Crippen LogP contribution is -2.55. The van der Waals surface area contributed by atoms with Gasteiger partial charge in [-0.25, -0.2) is 4.79 Å². The molecule has 6 nitrogen and oxygen atoms in total. The molecule has 0 bridgehead atoms. The summed E-state index contributed by atoms with van der Waals surface area (Å²) in [7, 11) is 0. The van der Waals surface area contributed by atoms with Gasteiger partial charge in [0.05, 0.1) is 31.6 Å². The molecule has 86 valence electrons. The van der Waals surface area contributed by atoms with E-state index in [9.17, 15) is 4.79 Å². The third-order valence-electron chi connectivity index (χ3n) is 2.38. The summed E-state index contributed by atoms with van der Waals surface area (Å²) in [4.78, 5) is 15.7. The zero-order valence-electron chi connectivity index (χ0n) is 8.54. The monoisotopic (exact) mass is 224 g/mol. The number of ether oxygens (including phenoxy) is 1. The molecule has 1 aliphatic heterocycles. The van der Waals surface area contributed by atoms with Crippen molar-refractivity contribution in [3.63, 3.8) is 0 Å². The van der Waals surface area contributed by atoms with Gasteiger partial charge in [0, 0.05) is 0 Å². The van der Waals surface area contributed by atoms with Gasteiger partial charge in [0.2, 0.25) is 0 Å². The van der Waals surface area contributed by atoms with Gasteiger partial charge in [-0.15, -0.1) is 0 Å². The van der Waals surface area contributed by atoms with Crippen molar-refractivity contribution in [3.8, 4) is 5.75 Å². The van der Waals surface area contributed by atoms with Gasteiger partial charge in [0.15, 0.2) is 0 Å². The number of carbonyl (C=O) groups is 1. The van der Waals surface area contributed by atoms with E-state index in [1.54, 1.807) is 12.1 Å². The number of hydrogen-bond acceptors (Lipinski definition) is 4. The molecule has 1 aromatic heterocycles. The number of likely N-dealkylation sites (tertiary alicyclic amines) is 1. The number of carboxylic acid groups (broad SMARTS) is 1. The number of pyridine rings is 1. The number of aliphatic hydroxyl groups is 1. The van der Waals surface area contributed by atoms with E-state index < -0.39 is 6.09 Å². The lowest BCUT2D eigenvalue weighted by molar-refractivity contribution is 0.0250. The van der Waals surface area contributed by atoms with Gasteiger partial charge < -0.3 is 19.8 Å². The van der Waals surface area contributed by atoms with Crippen LogP contribution < -0.4 is 4.74 Å². The maximum Gasteiger partial charge on any atom is 0.407 e. The summed E-state index contributed by atoms with van der Waals surface area (Å²) >= 11 is 0. The van der Waals surface area contributed by atoms with Gasteiger partial charge in [-0.05, 0) is 12.1 Å². The molecule has 1 aliphatic rings. The zero-order valence-corrected chi connectivity index (χ0v) is 8.54. The van der Waals surface area contributed by atoms with Gasteiger partial charge >= 0.3 is 6.09 Å². The molecule has 1 fully saturated rings. The van der Waals surface area contributed by atoms with Crippen molar-refractivity contribution < 1.29 is 19.7 Å². The highest BCUT2D eigenvalue weighted by Gasteiger charge is 2.31. The largest absolute Gasteiger partial charge is 0.485 e. The lowest BCUT2D eigenvalue weighted by atomic mass is 10.2. The van der Waals surface area contributed by atoms with Crippen LogP contribution in [-0.2, 0) is 6.61 Å². The van der Waals surface area contributed by atoms with Crippen LogP contribution in [0.25, 0.3) is 0 Å². The molecule has 16 heavy (non-hydrogen) atoms. The molecule has 1 aromatic rings. The molecule has 6 heteroatoms. The summed E-state index contributed by atoms with van der Waals surface area (Å²) < 4.78 is 5.48. The minimum Gasteiger partial charge on any atom is -0.485 e. The number of amides is 1. The first-order valence-electron chi connectivity index (χ1n) is 4.89. The Morgan fingerprint density at radius 1 is 1.56 bits per heavy atom. The molecular formula is C10H12N2O4. The average molecular weight is 224 g/mol. The smallest absolute Gasteiger partial charge is 0.407 e. The Kier molecular flexibility index (Phi) is 2.91. The molecular weight excluding hydrogens is 212 g/mol. The summed E-state index contributed by atoms with van der Waals surface area (Å²) in [6.45, 7) is 0.671. The van der Waals surface area contributed by atoms with Crippen molar-refractivity contribution in [2.24, 2.45) is 0 Å². The van der Waals surface area contributed by atoms with E-state index in [2.05, 4.69) is 4.98 Å². The first kappa shape index (κ1) is 10.7. The summed E-state index contributed by atoms with van der Waals surface area (Å²) in [6, 6.07) is 3.38. The highest BCUT2D eigenvalue weighted by Crippen LogP contribution is 2.17. The van der Waals surface area contributed by atoms with Crippen LogP contribution in [0.3, 0.4) is 0 Å². The molecule has 1 saturated heterocycles. The van der Waals surface area contributed by atoms with Crippen LogP contribution in [0.15, 0.2) is 18.3 Å². The second-order valence-corrected chi connectivity index (χ2v) is 3.57. The third kappa shape index (κ3) is 2.22. The van der Waals surface area contributed by atoms with Crippen molar-refractivity contribution in [2.75, 3.05) is 13.1 Å². The molecule has 0 saturated carbocycles. The molecule has 0 aliphatic carbocycles. The molecule has 0 radical (unpaired) electrons. The highest BCUT2D eigenvalue weighted by molar-refractivity contribution is 5.66. The lowest BCUT2D eigenvalue weighted by Gasteiger charge is -2.36. The van der Waals surface area contributed by atoms with Gasteiger partial charge in [-0.2, -0.15) is 0 Å². The number of nitrogens with zero attached hydrogens (tertiary/aromatic N) is 2. The SMILES string of the molecule is O=C(O)N1CC(Oc2ccc(CO)nc2)C1. The fourth-order valence-electron chi connectivity index (χ4n) is 1.44. The van der Waals surface area contributed by atoms with Crippen LogP contribution in [-0.4, -0.2) is 45.4 Å². The van der Waals surface area contributed by atoms with Crippen molar-refractivity contribution in [2.45, 2.75) is 12.7 Å². The topological polar surface area (TPSA) is 82.9 Å². The van der Waals surface area contributed by atoms with Crippen LogP contribution in [0.2, 0.25) is 0 Å². The van der Waals surface area contributed by atoms with Crippen LogP contribution >= 0.6 is 0 Å². The van der Waals surface area contributed by atoms with Crippen molar-refractivity contribution in [1.29, 1.82) is 0 Å². The van der Waals surface area contributed by atoms with E-state index in [4.69, 9.17) is 14.9 Å². The van der Waals surface area contributed by atoms with Gasteiger partial charge in [-0.3, -0.25) is 4.98 Å². The number of aromatic nitrogens is 1. The Morgan fingerprint density at radius 3 is 2.81 bits per heavy atom. The second-order valence-electron chi connectivity index (χ2n) is 3.57. The molecule has 0 atom stereocenters. The van der Waals surface area contributed by atoms with E-state index in [0.717, 1.165) is 0 Å². The number of hydrogen-bond donors (Lipinski definition) is 2. The molecule has 0 unspecified atom stereocenters. The zero-order chi connectivity index (χ0) is 11.5. The highest BCUT2D eigenvalue weighted by atomic mass is 16.5. The van der Waals surface area contributed by atoms with Crippen molar-refractivity contribution >= 4 is 6.09 Å². The Labute approximate surface area is 92.1 Å². The molecule has 0 spiro atoms. The molecule has 2 N–H and O–H groups in total. The Morgan fingerprint density at radius 2 is 2.31 bits per heavy atom. The minimum atomic E-state index is -0.923. The van der Waals surface area contributed by atoms with Crippen LogP contribution in [0.5, 0.6) is 5.75 Å². The molecule has 2 rings (SSSR count).